The normalized spacial score (nSPS) is 13.6. The van der Waals surface area contributed by atoms with E-state index in [4.69, 9.17) is 5.11 Å². The monoisotopic (exact) mass is 182 g/mol. The number of nitrogens with zero attached hydrogens (tertiary/aromatic N) is 1. The number of aromatic carboxylic acids is 1. The highest BCUT2D eigenvalue weighted by atomic mass is 19.1. The van der Waals surface area contributed by atoms with E-state index in [1.54, 1.807) is 0 Å². The lowest BCUT2D eigenvalue weighted by atomic mass is 10.1. The lowest BCUT2D eigenvalue weighted by Crippen LogP contribution is -2.05. The Morgan fingerprint density at radius 2 is 2.46 bits per heavy atom. The molecule has 2 heterocycles. The second-order valence-corrected chi connectivity index (χ2v) is 2.79. The summed E-state index contributed by atoms with van der Waals surface area (Å²) in [6, 6.07) is 0. The highest BCUT2D eigenvalue weighted by Gasteiger charge is 2.22. The summed E-state index contributed by atoms with van der Waals surface area (Å²) in [6.07, 6.45) is 1.47. The number of aromatic nitrogens is 1. The van der Waals surface area contributed by atoms with E-state index in [0.29, 0.717) is 24.2 Å². The fraction of sp³-hybridized carbons (Fsp3) is 0.250. The van der Waals surface area contributed by atoms with Crippen LogP contribution in [0.2, 0.25) is 0 Å². The SMILES string of the molecule is O=C(O)c1ncc(F)c2c1NCC2. The van der Waals surface area contributed by atoms with Gasteiger partial charge in [-0.2, -0.15) is 0 Å². The number of fused-ring (bicyclic) bond motifs is 1. The van der Waals surface area contributed by atoms with Crippen LogP contribution in [0.25, 0.3) is 0 Å². The number of carboxylic acid groups (broad SMARTS) is 1. The number of carboxylic acids is 1. The van der Waals surface area contributed by atoms with Gasteiger partial charge in [-0.25, -0.2) is 14.2 Å². The summed E-state index contributed by atoms with van der Waals surface area (Å²) in [7, 11) is 0. The molecule has 13 heavy (non-hydrogen) atoms. The first-order valence-electron chi connectivity index (χ1n) is 3.84. The van der Waals surface area contributed by atoms with Crippen LogP contribution in [0.5, 0.6) is 0 Å². The van der Waals surface area contributed by atoms with Gasteiger partial charge in [0.2, 0.25) is 0 Å². The molecule has 2 N–H and O–H groups in total. The third kappa shape index (κ3) is 1.12. The Morgan fingerprint density at radius 3 is 3.15 bits per heavy atom. The van der Waals surface area contributed by atoms with Crippen molar-refractivity contribution in [2.24, 2.45) is 0 Å². The van der Waals surface area contributed by atoms with Crippen LogP contribution in [0, 0.1) is 5.82 Å². The van der Waals surface area contributed by atoms with Crippen LogP contribution in [0.3, 0.4) is 0 Å². The molecule has 1 aromatic heterocycles. The van der Waals surface area contributed by atoms with Crippen molar-refractivity contribution in [3.05, 3.63) is 23.3 Å². The lowest BCUT2D eigenvalue weighted by Gasteiger charge is -2.03. The minimum Gasteiger partial charge on any atom is -0.476 e. The zero-order chi connectivity index (χ0) is 9.42. The second-order valence-electron chi connectivity index (χ2n) is 2.79. The molecule has 0 aromatic carbocycles. The van der Waals surface area contributed by atoms with Crippen LogP contribution in [0.1, 0.15) is 16.1 Å². The minimum atomic E-state index is -1.13. The van der Waals surface area contributed by atoms with Crippen LogP contribution in [-0.4, -0.2) is 22.6 Å². The Hall–Kier alpha value is -1.65. The molecule has 4 nitrogen and oxygen atoms in total. The molecule has 0 fully saturated rings. The fourth-order valence-electron chi connectivity index (χ4n) is 1.44. The number of hydrogen-bond donors (Lipinski definition) is 2. The van der Waals surface area contributed by atoms with Gasteiger partial charge < -0.3 is 10.4 Å². The predicted molar refractivity (Wildman–Crippen MR) is 43.3 cm³/mol. The number of rotatable bonds is 1. The smallest absolute Gasteiger partial charge is 0.356 e. The highest BCUT2D eigenvalue weighted by Crippen LogP contribution is 2.26. The Morgan fingerprint density at radius 1 is 1.69 bits per heavy atom. The van der Waals surface area contributed by atoms with Gasteiger partial charge in [0.05, 0.1) is 11.9 Å². The Labute approximate surface area is 73.4 Å². The molecule has 1 aliphatic heterocycles. The van der Waals surface area contributed by atoms with Crippen molar-refractivity contribution in [2.45, 2.75) is 6.42 Å². The molecule has 1 aromatic rings. The van der Waals surface area contributed by atoms with E-state index in [-0.39, 0.29) is 5.69 Å². The maximum atomic E-state index is 13.0. The number of pyridine rings is 1. The predicted octanol–water partition coefficient (Wildman–Crippen LogP) is 0.887. The summed E-state index contributed by atoms with van der Waals surface area (Å²) in [5.41, 5.74) is 0.647. The van der Waals surface area contributed by atoms with Crippen molar-refractivity contribution >= 4 is 11.7 Å². The number of halogens is 1. The summed E-state index contributed by atoms with van der Waals surface area (Å²) in [5, 5.41) is 11.5. The molecule has 0 aliphatic carbocycles. The van der Waals surface area contributed by atoms with Gasteiger partial charge >= 0.3 is 5.97 Å². The molecule has 68 valence electrons. The molecular formula is C8H7FN2O2. The Balaban J connectivity index is 2.62. The fourth-order valence-corrected chi connectivity index (χ4v) is 1.44. The number of carbonyl (C=O) groups is 1. The molecule has 0 amide bonds. The van der Waals surface area contributed by atoms with Crippen LogP contribution in [0.15, 0.2) is 6.20 Å². The molecule has 1 aliphatic rings. The zero-order valence-corrected chi connectivity index (χ0v) is 6.67. The topological polar surface area (TPSA) is 62.2 Å². The number of anilines is 1. The van der Waals surface area contributed by atoms with E-state index in [1.807, 2.05) is 0 Å². The van der Waals surface area contributed by atoms with Gasteiger partial charge in [-0.15, -0.1) is 0 Å². The quantitative estimate of drug-likeness (QED) is 0.677. The Kier molecular flexibility index (Phi) is 1.65. The number of nitrogens with one attached hydrogen (secondary N) is 1. The first kappa shape index (κ1) is 7.97. The molecule has 5 heteroatoms. The molecular weight excluding hydrogens is 175 g/mol. The van der Waals surface area contributed by atoms with Crippen molar-refractivity contribution in [3.63, 3.8) is 0 Å². The molecule has 0 unspecified atom stereocenters. The van der Waals surface area contributed by atoms with Crippen LogP contribution < -0.4 is 5.32 Å². The molecule has 0 radical (unpaired) electrons. The van der Waals surface area contributed by atoms with Gasteiger partial charge in [0.25, 0.3) is 0 Å². The summed E-state index contributed by atoms with van der Waals surface area (Å²) < 4.78 is 13.0. The van der Waals surface area contributed by atoms with Crippen LogP contribution in [-0.2, 0) is 6.42 Å². The van der Waals surface area contributed by atoms with Crippen molar-refractivity contribution in [2.75, 3.05) is 11.9 Å². The summed E-state index contributed by atoms with van der Waals surface area (Å²) in [6.45, 7) is 0.568. The van der Waals surface area contributed by atoms with E-state index in [0.717, 1.165) is 6.20 Å². The Bertz CT molecular complexity index is 379. The maximum absolute atomic E-state index is 13.0. The highest BCUT2D eigenvalue weighted by molar-refractivity contribution is 5.93. The minimum absolute atomic E-state index is 0.103. The molecule has 0 spiro atoms. The van der Waals surface area contributed by atoms with E-state index in [1.165, 1.54) is 0 Å². The zero-order valence-electron chi connectivity index (χ0n) is 6.67. The third-order valence-corrected chi connectivity index (χ3v) is 2.01. The van der Waals surface area contributed by atoms with E-state index >= 15 is 0 Å². The van der Waals surface area contributed by atoms with Crippen molar-refractivity contribution < 1.29 is 14.3 Å². The lowest BCUT2D eigenvalue weighted by molar-refractivity contribution is 0.0691. The second kappa shape index (κ2) is 2.69. The summed E-state index contributed by atoms with van der Waals surface area (Å²) in [5.74, 6) is -1.57. The first-order chi connectivity index (χ1) is 6.20. The largest absolute Gasteiger partial charge is 0.476 e. The number of hydrogen-bond acceptors (Lipinski definition) is 3. The third-order valence-electron chi connectivity index (χ3n) is 2.01. The first-order valence-corrected chi connectivity index (χ1v) is 3.84. The molecule has 0 atom stereocenters. The molecule has 0 saturated carbocycles. The van der Waals surface area contributed by atoms with Crippen LogP contribution >= 0.6 is 0 Å². The summed E-state index contributed by atoms with van der Waals surface area (Å²) >= 11 is 0. The van der Waals surface area contributed by atoms with E-state index in [9.17, 15) is 9.18 Å². The molecule has 0 saturated heterocycles. The van der Waals surface area contributed by atoms with E-state index < -0.39 is 11.8 Å². The molecule has 2 rings (SSSR count). The van der Waals surface area contributed by atoms with Gasteiger partial charge in [0, 0.05) is 12.1 Å². The van der Waals surface area contributed by atoms with Crippen LogP contribution in [0.4, 0.5) is 10.1 Å². The van der Waals surface area contributed by atoms with Gasteiger partial charge in [-0.3, -0.25) is 0 Å². The van der Waals surface area contributed by atoms with Gasteiger partial charge in [0.15, 0.2) is 5.69 Å². The van der Waals surface area contributed by atoms with E-state index in [2.05, 4.69) is 10.3 Å². The maximum Gasteiger partial charge on any atom is 0.356 e. The van der Waals surface area contributed by atoms with Gasteiger partial charge in [-0.1, -0.05) is 0 Å². The average Bonchev–Trinajstić information content (AvgIpc) is 2.53. The molecule has 0 bridgehead atoms. The average molecular weight is 182 g/mol. The van der Waals surface area contributed by atoms with Gasteiger partial charge in [-0.05, 0) is 6.42 Å². The van der Waals surface area contributed by atoms with Crippen molar-refractivity contribution in [3.8, 4) is 0 Å². The summed E-state index contributed by atoms with van der Waals surface area (Å²) in [4.78, 5) is 14.2. The van der Waals surface area contributed by atoms with Crippen molar-refractivity contribution in [1.82, 2.24) is 4.98 Å². The standard InChI is InChI=1S/C8H7FN2O2/c9-5-3-11-7(8(12)13)6-4(5)1-2-10-6/h3,10H,1-2H2,(H,12,13). The van der Waals surface area contributed by atoms with Crippen molar-refractivity contribution in [1.29, 1.82) is 0 Å². The van der Waals surface area contributed by atoms with Gasteiger partial charge in [0.1, 0.15) is 5.82 Å².